The minimum Gasteiger partial charge on any atom is -0.465 e. The van der Waals surface area contributed by atoms with E-state index in [0.29, 0.717) is 5.02 Å². The Bertz CT molecular complexity index is 1050. The molecule has 0 aromatic heterocycles. The highest BCUT2D eigenvalue weighted by atomic mass is 35.5. The predicted molar refractivity (Wildman–Crippen MR) is 109 cm³/mol. The minimum atomic E-state index is -1.21. The number of amidine groups is 1. The number of ether oxygens (including phenoxy) is 1. The van der Waals surface area contributed by atoms with Crippen molar-refractivity contribution < 1.29 is 14.6 Å². The normalized spacial score (nSPS) is 18.2. The summed E-state index contributed by atoms with van der Waals surface area (Å²) >= 11 is 6.15. The van der Waals surface area contributed by atoms with Crippen LogP contribution in [0.15, 0.2) is 83.9 Å². The van der Waals surface area contributed by atoms with E-state index in [9.17, 15) is 4.79 Å². The van der Waals surface area contributed by atoms with Crippen molar-refractivity contribution in [1.82, 2.24) is 5.32 Å². The molecule has 3 aromatic carbocycles. The Kier molecular flexibility index (Phi) is 4.75. The number of nitrogens with zero attached hydrogens (tertiary/aromatic N) is 1. The molecule has 3 aromatic rings. The van der Waals surface area contributed by atoms with Gasteiger partial charge in [-0.15, -0.1) is 0 Å². The van der Waals surface area contributed by atoms with Crippen LogP contribution in [0.5, 0.6) is 0 Å². The third-order valence-corrected chi connectivity index (χ3v) is 4.91. The standard InChI is InChI=1S/C22H17ClN2O3/c23-19-11-5-7-16(13-19)15-6-4-10-18(12-15)22(17-8-2-1-3-9-17)14-28-20(25-22)24-21(26)27/h1-13H,14H2,(H,24,25)(H,26,27). The topological polar surface area (TPSA) is 70.9 Å². The smallest absolute Gasteiger partial charge is 0.412 e. The van der Waals surface area contributed by atoms with E-state index in [1.807, 2.05) is 78.9 Å². The zero-order chi connectivity index (χ0) is 19.6. The van der Waals surface area contributed by atoms with Gasteiger partial charge in [0, 0.05) is 5.02 Å². The van der Waals surface area contributed by atoms with Crippen LogP contribution in [0.2, 0.25) is 5.02 Å². The van der Waals surface area contributed by atoms with E-state index in [4.69, 9.17) is 21.4 Å². The molecular formula is C22H17ClN2O3. The lowest BCUT2D eigenvalue weighted by atomic mass is 9.83. The molecule has 0 aliphatic carbocycles. The average Bonchev–Trinajstić information content (AvgIpc) is 3.13. The summed E-state index contributed by atoms with van der Waals surface area (Å²) in [5, 5.41) is 11.9. The third kappa shape index (κ3) is 3.44. The Balaban J connectivity index is 1.84. The van der Waals surface area contributed by atoms with Gasteiger partial charge in [0.2, 0.25) is 0 Å². The van der Waals surface area contributed by atoms with Gasteiger partial charge in [-0.05, 0) is 40.5 Å². The number of carbonyl (C=O) groups is 1. The van der Waals surface area contributed by atoms with Gasteiger partial charge in [-0.3, -0.25) is 0 Å². The van der Waals surface area contributed by atoms with Gasteiger partial charge in [-0.25, -0.2) is 15.1 Å². The number of benzene rings is 3. The lowest BCUT2D eigenvalue weighted by molar-refractivity contribution is 0.195. The molecule has 1 unspecified atom stereocenters. The maximum Gasteiger partial charge on any atom is 0.412 e. The van der Waals surface area contributed by atoms with E-state index in [1.54, 1.807) is 0 Å². The van der Waals surface area contributed by atoms with Crippen molar-refractivity contribution in [2.45, 2.75) is 5.54 Å². The van der Waals surface area contributed by atoms with Crippen LogP contribution in [0.1, 0.15) is 11.1 Å². The molecule has 28 heavy (non-hydrogen) atoms. The summed E-state index contributed by atoms with van der Waals surface area (Å²) in [6, 6.07) is 25.3. The molecule has 6 heteroatoms. The molecular weight excluding hydrogens is 376 g/mol. The van der Waals surface area contributed by atoms with E-state index < -0.39 is 11.6 Å². The van der Waals surface area contributed by atoms with Gasteiger partial charge in [-0.1, -0.05) is 72.3 Å². The number of hydrogen-bond donors (Lipinski definition) is 2. The predicted octanol–water partition coefficient (Wildman–Crippen LogP) is 4.90. The second-order valence-electron chi connectivity index (χ2n) is 6.45. The molecule has 1 aliphatic rings. The number of aliphatic imine (C=N–C) groups is 1. The Hall–Kier alpha value is -3.31. The summed E-state index contributed by atoms with van der Waals surface area (Å²) < 4.78 is 5.59. The number of nitrogens with one attached hydrogen (secondary N) is 1. The van der Waals surface area contributed by atoms with Crippen molar-refractivity contribution >= 4 is 23.7 Å². The van der Waals surface area contributed by atoms with Crippen LogP contribution < -0.4 is 5.32 Å². The molecule has 0 saturated carbocycles. The maximum absolute atomic E-state index is 11.0. The van der Waals surface area contributed by atoms with Gasteiger partial charge in [-0.2, -0.15) is 0 Å². The lowest BCUT2D eigenvalue weighted by Gasteiger charge is -2.25. The number of carboxylic acid groups (broad SMARTS) is 1. The van der Waals surface area contributed by atoms with Crippen LogP contribution in [0.4, 0.5) is 4.79 Å². The maximum atomic E-state index is 11.0. The second kappa shape index (κ2) is 7.37. The molecule has 5 nitrogen and oxygen atoms in total. The molecule has 1 aliphatic heterocycles. The van der Waals surface area contributed by atoms with Gasteiger partial charge in [0.05, 0.1) is 0 Å². The van der Waals surface area contributed by atoms with E-state index >= 15 is 0 Å². The van der Waals surface area contributed by atoms with Gasteiger partial charge >= 0.3 is 6.09 Å². The van der Waals surface area contributed by atoms with Crippen LogP contribution >= 0.6 is 11.6 Å². The minimum absolute atomic E-state index is 0.00971. The fraction of sp³-hybridized carbons (Fsp3) is 0.0909. The van der Waals surface area contributed by atoms with Crippen molar-refractivity contribution in [1.29, 1.82) is 0 Å². The van der Waals surface area contributed by atoms with Crippen LogP contribution in [-0.4, -0.2) is 23.8 Å². The molecule has 1 heterocycles. The van der Waals surface area contributed by atoms with E-state index in [1.165, 1.54) is 0 Å². The van der Waals surface area contributed by atoms with Crippen molar-refractivity contribution in [3.05, 3.63) is 95.0 Å². The molecule has 4 rings (SSSR count). The zero-order valence-electron chi connectivity index (χ0n) is 14.8. The highest BCUT2D eigenvalue weighted by Crippen LogP contribution is 2.39. The van der Waals surface area contributed by atoms with Crippen molar-refractivity contribution in [3.63, 3.8) is 0 Å². The number of amides is 1. The Morgan fingerprint density at radius 3 is 2.36 bits per heavy atom. The Morgan fingerprint density at radius 2 is 1.64 bits per heavy atom. The highest BCUT2D eigenvalue weighted by molar-refractivity contribution is 6.30. The first-order valence-electron chi connectivity index (χ1n) is 8.71. The molecule has 0 bridgehead atoms. The van der Waals surface area contributed by atoms with E-state index in [0.717, 1.165) is 22.3 Å². The third-order valence-electron chi connectivity index (χ3n) is 4.67. The second-order valence-corrected chi connectivity index (χ2v) is 6.89. The summed E-state index contributed by atoms with van der Waals surface area (Å²) in [6.07, 6.45) is -1.21. The fourth-order valence-electron chi connectivity index (χ4n) is 3.37. The van der Waals surface area contributed by atoms with Crippen LogP contribution in [0, 0.1) is 0 Å². The SMILES string of the molecule is O=C(O)NC1=NC(c2ccccc2)(c2cccc(-c3cccc(Cl)c3)c2)CO1. The first-order valence-corrected chi connectivity index (χ1v) is 9.09. The van der Waals surface area contributed by atoms with Crippen molar-refractivity contribution in [2.24, 2.45) is 4.99 Å². The molecule has 0 saturated heterocycles. The lowest BCUT2D eigenvalue weighted by Crippen LogP contribution is -2.28. The monoisotopic (exact) mass is 392 g/mol. The molecule has 0 fully saturated rings. The van der Waals surface area contributed by atoms with Crippen LogP contribution in [0.25, 0.3) is 11.1 Å². The summed E-state index contributed by atoms with van der Waals surface area (Å²) in [6.45, 7) is 0.200. The Morgan fingerprint density at radius 1 is 0.964 bits per heavy atom. The van der Waals surface area contributed by atoms with E-state index in [2.05, 4.69) is 10.3 Å². The van der Waals surface area contributed by atoms with Gasteiger partial charge in [0.15, 0.2) is 5.54 Å². The summed E-state index contributed by atoms with van der Waals surface area (Å²) in [5.41, 5.74) is 2.96. The highest BCUT2D eigenvalue weighted by Gasteiger charge is 2.41. The first-order chi connectivity index (χ1) is 13.6. The molecule has 0 spiro atoms. The average molecular weight is 393 g/mol. The van der Waals surface area contributed by atoms with Crippen molar-refractivity contribution in [3.8, 4) is 11.1 Å². The zero-order valence-corrected chi connectivity index (χ0v) is 15.6. The molecule has 140 valence electrons. The summed E-state index contributed by atoms with van der Waals surface area (Å²) in [4.78, 5) is 15.7. The van der Waals surface area contributed by atoms with Crippen molar-refractivity contribution in [2.75, 3.05) is 6.61 Å². The van der Waals surface area contributed by atoms with Gasteiger partial charge < -0.3 is 9.84 Å². The molecule has 1 atom stereocenters. The van der Waals surface area contributed by atoms with Gasteiger partial charge in [0.1, 0.15) is 6.61 Å². The molecule has 1 amide bonds. The summed E-state index contributed by atoms with van der Waals surface area (Å²) in [7, 11) is 0. The summed E-state index contributed by atoms with van der Waals surface area (Å²) in [5.74, 6) is 0. The molecule has 0 radical (unpaired) electrons. The number of rotatable bonds is 3. The largest absolute Gasteiger partial charge is 0.465 e. The van der Waals surface area contributed by atoms with Crippen LogP contribution in [-0.2, 0) is 10.3 Å². The molecule has 2 N–H and O–H groups in total. The fourth-order valence-corrected chi connectivity index (χ4v) is 3.56. The first kappa shape index (κ1) is 18.1. The number of halogens is 1. The quantitative estimate of drug-likeness (QED) is 0.665. The number of hydrogen-bond acceptors (Lipinski definition) is 3. The Labute approximate surface area is 167 Å². The van der Waals surface area contributed by atoms with Crippen LogP contribution in [0.3, 0.4) is 0 Å². The van der Waals surface area contributed by atoms with E-state index in [-0.39, 0.29) is 12.6 Å². The van der Waals surface area contributed by atoms with Gasteiger partial charge in [0.25, 0.3) is 6.02 Å².